The summed E-state index contributed by atoms with van der Waals surface area (Å²) < 4.78 is 42.5. The molecule has 1 amide bonds. The lowest BCUT2D eigenvalue weighted by Gasteiger charge is -2.37. The monoisotopic (exact) mass is 529 g/mol. The number of carbonyl (C=O) groups excluding carboxylic acids is 1. The second-order valence-corrected chi connectivity index (χ2v) is 11.4. The van der Waals surface area contributed by atoms with Crippen molar-refractivity contribution in [3.8, 4) is 0 Å². The summed E-state index contributed by atoms with van der Waals surface area (Å²) in [5.41, 5.74) is 3.25. The van der Waals surface area contributed by atoms with E-state index in [1.165, 1.54) is 24.3 Å². The highest BCUT2D eigenvalue weighted by atomic mass is 35.5. The Kier molecular flexibility index (Phi) is 7.97. The van der Waals surface area contributed by atoms with Crippen molar-refractivity contribution in [1.82, 2.24) is 9.21 Å². The van der Waals surface area contributed by atoms with Gasteiger partial charge in [-0.15, -0.1) is 0 Å². The summed E-state index contributed by atoms with van der Waals surface area (Å²) in [5, 5.41) is 0.652. The molecule has 0 spiro atoms. The van der Waals surface area contributed by atoms with Gasteiger partial charge in [-0.05, 0) is 49.7 Å². The first-order valence-corrected chi connectivity index (χ1v) is 13.6. The Bertz CT molecular complexity index is 1340. The van der Waals surface area contributed by atoms with Gasteiger partial charge in [-0.2, -0.15) is 4.31 Å². The number of hydrogen-bond acceptors (Lipinski definition) is 4. The van der Waals surface area contributed by atoms with Crippen molar-refractivity contribution < 1.29 is 17.6 Å². The van der Waals surface area contributed by atoms with Crippen molar-refractivity contribution in [2.45, 2.75) is 25.3 Å². The van der Waals surface area contributed by atoms with Crippen molar-refractivity contribution in [3.63, 3.8) is 0 Å². The fourth-order valence-corrected chi connectivity index (χ4v) is 5.81. The molecule has 0 saturated carbocycles. The second kappa shape index (κ2) is 11.0. The number of carbonyl (C=O) groups is 1. The van der Waals surface area contributed by atoms with Gasteiger partial charge < -0.3 is 9.80 Å². The van der Waals surface area contributed by atoms with Gasteiger partial charge in [0, 0.05) is 49.0 Å². The predicted molar refractivity (Wildman–Crippen MR) is 140 cm³/mol. The van der Waals surface area contributed by atoms with E-state index in [1.54, 1.807) is 29.2 Å². The van der Waals surface area contributed by atoms with Gasteiger partial charge in [-0.25, -0.2) is 12.8 Å². The number of rotatable bonds is 7. The third-order valence-corrected chi connectivity index (χ3v) is 8.46. The smallest absolute Gasteiger partial charge is 0.243 e. The number of hydrogen-bond donors (Lipinski definition) is 0. The SMILES string of the molecule is Cc1ccc(S(=O)(=O)N(CC(=O)N2CCN(c3cc(Cl)ccc3C)CC2)Cc2ccccc2F)cc1. The Morgan fingerprint density at radius 1 is 0.972 bits per heavy atom. The molecule has 1 heterocycles. The molecule has 3 aromatic carbocycles. The first-order valence-electron chi connectivity index (χ1n) is 11.7. The van der Waals surface area contributed by atoms with E-state index in [0.717, 1.165) is 21.1 Å². The molecular weight excluding hydrogens is 501 g/mol. The van der Waals surface area contributed by atoms with Crippen LogP contribution in [0.25, 0.3) is 0 Å². The summed E-state index contributed by atoms with van der Waals surface area (Å²) in [7, 11) is -4.04. The Balaban J connectivity index is 1.52. The predicted octanol–water partition coefficient (Wildman–Crippen LogP) is 4.64. The normalized spacial score (nSPS) is 14.4. The number of halogens is 2. The Labute approximate surface area is 216 Å². The quantitative estimate of drug-likeness (QED) is 0.447. The maximum absolute atomic E-state index is 14.4. The highest BCUT2D eigenvalue weighted by molar-refractivity contribution is 7.89. The van der Waals surface area contributed by atoms with Crippen LogP contribution in [0.2, 0.25) is 5.02 Å². The molecular formula is C27H29ClFN3O3S. The van der Waals surface area contributed by atoms with E-state index in [4.69, 9.17) is 11.6 Å². The van der Waals surface area contributed by atoms with Crippen LogP contribution in [0.15, 0.2) is 71.6 Å². The molecule has 0 atom stereocenters. The Hall–Kier alpha value is -2.94. The zero-order valence-electron chi connectivity index (χ0n) is 20.3. The summed E-state index contributed by atoms with van der Waals surface area (Å²) in [6.07, 6.45) is 0. The molecule has 1 aliphatic rings. The molecule has 6 nitrogen and oxygen atoms in total. The maximum Gasteiger partial charge on any atom is 0.243 e. The first-order chi connectivity index (χ1) is 17.1. The largest absolute Gasteiger partial charge is 0.368 e. The number of benzene rings is 3. The topological polar surface area (TPSA) is 60.9 Å². The molecule has 190 valence electrons. The zero-order chi connectivity index (χ0) is 25.9. The van der Waals surface area contributed by atoms with E-state index in [2.05, 4.69) is 4.90 Å². The maximum atomic E-state index is 14.4. The Morgan fingerprint density at radius 3 is 2.31 bits per heavy atom. The van der Waals surface area contributed by atoms with Crippen LogP contribution < -0.4 is 4.90 Å². The van der Waals surface area contributed by atoms with Crippen LogP contribution in [-0.4, -0.2) is 56.3 Å². The summed E-state index contributed by atoms with van der Waals surface area (Å²) >= 11 is 6.17. The first kappa shape index (κ1) is 26.1. The standard InChI is InChI=1S/C27H29ClFN3O3S/c1-20-7-11-24(12-8-20)36(34,35)32(18-22-5-3-4-6-25(22)29)19-27(33)31-15-13-30(14-16-31)26-17-23(28)10-9-21(26)2/h3-12,17H,13-16,18-19H2,1-2H3. The lowest BCUT2D eigenvalue weighted by Crippen LogP contribution is -2.52. The fraction of sp³-hybridized carbons (Fsp3) is 0.296. The minimum Gasteiger partial charge on any atom is -0.368 e. The number of amides is 1. The lowest BCUT2D eigenvalue weighted by molar-refractivity contribution is -0.131. The van der Waals surface area contributed by atoms with Gasteiger partial charge >= 0.3 is 0 Å². The van der Waals surface area contributed by atoms with Crippen LogP contribution in [-0.2, 0) is 21.4 Å². The van der Waals surface area contributed by atoms with E-state index < -0.39 is 15.8 Å². The van der Waals surface area contributed by atoms with Crippen molar-refractivity contribution in [3.05, 3.63) is 94.3 Å². The highest BCUT2D eigenvalue weighted by Crippen LogP contribution is 2.26. The summed E-state index contributed by atoms with van der Waals surface area (Å²) in [5.74, 6) is -0.830. The van der Waals surface area contributed by atoms with Gasteiger partial charge in [0.05, 0.1) is 11.4 Å². The molecule has 0 N–H and O–H groups in total. The number of sulfonamides is 1. The average Bonchev–Trinajstić information content (AvgIpc) is 2.86. The van der Waals surface area contributed by atoms with E-state index in [0.29, 0.717) is 31.2 Å². The van der Waals surface area contributed by atoms with E-state index >= 15 is 0 Å². The van der Waals surface area contributed by atoms with E-state index in [1.807, 2.05) is 32.0 Å². The summed E-state index contributed by atoms with van der Waals surface area (Å²) in [6.45, 7) is 5.36. The molecule has 0 aliphatic carbocycles. The van der Waals surface area contributed by atoms with Crippen molar-refractivity contribution in [2.24, 2.45) is 0 Å². The van der Waals surface area contributed by atoms with Crippen molar-refractivity contribution in [1.29, 1.82) is 0 Å². The molecule has 0 bridgehead atoms. The summed E-state index contributed by atoms with van der Waals surface area (Å²) in [4.78, 5) is 17.2. The second-order valence-electron chi connectivity index (χ2n) is 8.98. The van der Waals surface area contributed by atoms with Gasteiger partial charge in [0.2, 0.25) is 15.9 Å². The third-order valence-electron chi connectivity index (χ3n) is 6.42. The van der Waals surface area contributed by atoms with Crippen LogP contribution in [0, 0.1) is 19.7 Å². The van der Waals surface area contributed by atoms with Crippen LogP contribution in [0.4, 0.5) is 10.1 Å². The number of anilines is 1. The van der Waals surface area contributed by atoms with Crippen LogP contribution >= 0.6 is 11.6 Å². The minimum atomic E-state index is -4.04. The summed E-state index contributed by atoms with van der Waals surface area (Å²) in [6, 6.07) is 18.2. The molecule has 4 rings (SSSR count). The molecule has 0 aromatic heterocycles. The van der Waals surface area contributed by atoms with Crippen molar-refractivity contribution in [2.75, 3.05) is 37.6 Å². The third kappa shape index (κ3) is 5.88. The highest BCUT2D eigenvalue weighted by Gasteiger charge is 2.31. The minimum absolute atomic E-state index is 0.0680. The van der Waals surface area contributed by atoms with E-state index in [-0.39, 0.29) is 29.5 Å². The molecule has 1 saturated heterocycles. The van der Waals surface area contributed by atoms with Gasteiger partial charge in [0.15, 0.2) is 0 Å². The average molecular weight is 530 g/mol. The van der Waals surface area contributed by atoms with Crippen LogP contribution in [0.1, 0.15) is 16.7 Å². The fourth-order valence-electron chi connectivity index (χ4n) is 4.27. The number of aryl methyl sites for hydroxylation is 2. The van der Waals surface area contributed by atoms with Gasteiger partial charge in [0.1, 0.15) is 5.82 Å². The Morgan fingerprint density at radius 2 is 1.64 bits per heavy atom. The lowest BCUT2D eigenvalue weighted by atomic mass is 10.1. The van der Waals surface area contributed by atoms with Crippen molar-refractivity contribution >= 4 is 33.2 Å². The molecule has 1 aliphatic heterocycles. The van der Waals surface area contributed by atoms with Gasteiger partial charge in [-0.3, -0.25) is 4.79 Å². The van der Waals surface area contributed by atoms with E-state index in [9.17, 15) is 17.6 Å². The molecule has 3 aromatic rings. The van der Waals surface area contributed by atoms with Gasteiger partial charge in [-0.1, -0.05) is 53.6 Å². The molecule has 36 heavy (non-hydrogen) atoms. The zero-order valence-corrected chi connectivity index (χ0v) is 21.9. The number of nitrogens with zero attached hydrogens (tertiary/aromatic N) is 3. The van der Waals surface area contributed by atoms with Crippen LogP contribution in [0.3, 0.4) is 0 Å². The van der Waals surface area contributed by atoms with Crippen LogP contribution in [0.5, 0.6) is 0 Å². The number of piperazine rings is 1. The molecule has 0 radical (unpaired) electrons. The molecule has 9 heteroatoms. The molecule has 0 unspecified atom stereocenters. The van der Waals surface area contributed by atoms with Gasteiger partial charge in [0.25, 0.3) is 0 Å². The molecule has 1 fully saturated rings.